The largest absolute Gasteiger partial charge is 0.497 e. The summed E-state index contributed by atoms with van der Waals surface area (Å²) in [6, 6.07) is 16.1. The fourth-order valence-electron chi connectivity index (χ4n) is 4.17. The number of rotatable bonds is 10. The molecule has 1 fully saturated rings. The van der Waals surface area contributed by atoms with Crippen LogP contribution in [0.25, 0.3) is 0 Å². The van der Waals surface area contributed by atoms with E-state index in [9.17, 15) is 9.59 Å². The number of hydrogen-bond donors (Lipinski definition) is 2. The minimum Gasteiger partial charge on any atom is -0.497 e. The number of nitrogens with zero attached hydrogens (tertiary/aromatic N) is 1. The van der Waals surface area contributed by atoms with Crippen molar-refractivity contribution in [1.82, 2.24) is 15.5 Å². The van der Waals surface area contributed by atoms with Crippen LogP contribution in [0.2, 0.25) is 0 Å². The summed E-state index contributed by atoms with van der Waals surface area (Å²) in [5, 5.41) is 5.97. The molecular weight excluding hydrogens is 406 g/mol. The van der Waals surface area contributed by atoms with E-state index in [-0.39, 0.29) is 30.3 Å². The Hall–Kier alpha value is -2.90. The summed E-state index contributed by atoms with van der Waals surface area (Å²) in [5.74, 6) is 0.791. The maximum Gasteiger partial charge on any atom is 0.246 e. The summed E-state index contributed by atoms with van der Waals surface area (Å²) >= 11 is 0. The minimum absolute atomic E-state index is 0.0475. The minimum atomic E-state index is -0.146. The molecule has 0 bridgehead atoms. The molecule has 2 amide bonds. The molecule has 0 spiro atoms. The lowest BCUT2D eigenvalue weighted by Gasteiger charge is -2.19. The molecule has 1 aliphatic rings. The predicted octanol–water partition coefficient (Wildman–Crippen LogP) is 1.96. The highest BCUT2D eigenvalue weighted by molar-refractivity contribution is 5.80. The monoisotopic (exact) mass is 439 g/mol. The van der Waals surface area contributed by atoms with Gasteiger partial charge in [-0.2, -0.15) is 0 Å². The third-order valence-corrected chi connectivity index (χ3v) is 5.86. The molecule has 0 aliphatic carbocycles. The number of likely N-dealkylation sites (N-methyl/N-ethyl adjacent to an activating group) is 1. The molecule has 2 atom stereocenters. The van der Waals surface area contributed by atoms with Crippen LogP contribution in [0.1, 0.15) is 22.6 Å². The molecule has 0 saturated carbocycles. The smallest absolute Gasteiger partial charge is 0.246 e. The van der Waals surface area contributed by atoms with E-state index in [1.165, 1.54) is 7.11 Å². The van der Waals surface area contributed by atoms with Gasteiger partial charge in [0.25, 0.3) is 0 Å². The van der Waals surface area contributed by atoms with Crippen molar-refractivity contribution in [1.29, 1.82) is 0 Å². The second-order valence-electron chi connectivity index (χ2n) is 8.28. The molecule has 2 aromatic carbocycles. The zero-order valence-corrected chi connectivity index (χ0v) is 19.1. The molecule has 1 heterocycles. The van der Waals surface area contributed by atoms with Gasteiger partial charge in [0.15, 0.2) is 0 Å². The summed E-state index contributed by atoms with van der Waals surface area (Å²) in [6.07, 6.45) is 0.777. The lowest BCUT2D eigenvalue weighted by atomic mass is 9.87. The standard InChI is InChI=1S/C25H33N3O4/c1-28-15-22(20-6-4-5-19(13-20)14-27-24(29)17-31-2)23(16-28)25(30)26-12-11-18-7-9-21(32-3)10-8-18/h4-10,13,22-23H,11-12,14-17H2,1-3H3,(H,26,30)(H,27,29). The Balaban J connectivity index is 1.58. The van der Waals surface area contributed by atoms with Crippen molar-refractivity contribution in [2.45, 2.75) is 18.9 Å². The quantitative estimate of drug-likeness (QED) is 0.592. The van der Waals surface area contributed by atoms with Gasteiger partial charge in [0.1, 0.15) is 12.4 Å². The van der Waals surface area contributed by atoms with Crippen molar-refractivity contribution in [2.75, 3.05) is 47.5 Å². The fraction of sp³-hybridized carbons (Fsp3) is 0.440. The number of benzene rings is 2. The highest BCUT2D eigenvalue weighted by atomic mass is 16.5. The first-order chi connectivity index (χ1) is 15.5. The SMILES string of the molecule is COCC(=O)NCc1cccc(C2CN(C)CC2C(=O)NCCc2ccc(OC)cc2)c1. The summed E-state index contributed by atoms with van der Waals surface area (Å²) < 4.78 is 10.0. The molecule has 3 rings (SSSR count). The van der Waals surface area contributed by atoms with E-state index in [1.807, 2.05) is 43.4 Å². The van der Waals surface area contributed by atoms with Gasteiger partial charge < -0.3 is 25.0 Å². The first-order valence-corrected chi connectivity index (χ1v) is 10.9. The normalized spacial score (nSPS) is 18.3. The number of methoxy groups -OCH3 is 2. The van der Waals surface area contributed by atoms with E-state index < -0.39 is 0 Å². The molecule has 172 valence electrons. The highest BCUT2D eigenvalue weighted by Gasteiger charge is 2.36. The van der Waals surface area contributed by atoms with Crippen molar-refractivity contribution in [3.63, 3.8) is 0 Å². The van der Waals surface area contributed by atoms with Crippen LogP contribution >= 0.6 is 0 Å². The lowest BCUT2D eigenvalue weighted by Crippen LogP contribution is -2.35. The number of ether oxygens (including phenoxy) is 2. The Bertz CT molecular complexity index is 900. The second-order valence-corrected chi connectivity index (χ2v) is 8.28. The van der Waals surface area contributed by atoms with E-state index in [0.717, 1.165) is 42.0 Å². The Morgan fingerprint density at radius 1 is 1.03 bits per heavy atom. The second kappa shape index (κ2) is 11.6. The van der Waals surface area contributed by atoms with E-state index in [4.69, 9.17) is 9.47 Å². The summed E-state index contributed by atoms with van der Waals surface area (Å²) in [6.45, 7) is 2.65. The van der Waals surface area contributed by atoms with Gasteiger partial charge in [-0.15, -0.1) is 0 Å². The molecule has 2 aromatic rings. The Morgan fingerprint density at radius 3 is 2.53 bits per heavy atom. The maximum atomic E-state index is 13.0. The topological polar surface area (TPSA) is 79.9 Å². The molecular formula is C25H33N3O4. The molecule has 7 heteroatoms. The van der Waals surface area contributed by atoms with Crippen LogP contribution < -0.4 is 15.4 Å². The molecule has 2 unspecified atom stereocenters. The average Bonchev–Trinajstić information content (AvgIpc) is 3.20. The average molecular weight is 440 g/mol. The highest BCUT2D eigenvalue weighted by Crippen LogP contribution is 2.32. The number of carbonyl (C=O) groups is 2. The molecule has 1 saturated heterocycles. The van der Waals surface area contributed by atoms with E-state index in [2.05, 4.69) is 27.7 Å². The van der Waals surface area contributed by atoms with Crippen LogP contribution in [0.4, 0.5) is 0 Å². The Morgan fingerprint density at radius 2 is 1.81 bits per heavy atom. The summed E-state index contributed by atoms with van der Waals surface area (Å²) in [4.78, 5) is 26.9. The van der Waals surface area contributed by atoms with Gasteiger partial charge in [0.2, 0.25) is 11.8 Å². The van der Waals surface area contributed by atoms with E-state index in [1.54, 1.807) is 7.11 Å². The van der Waals surface area contributed by atoms with Gasteiger partial charge in [-0.3, -0.25) is 9.59 Å². The van der Waals surface area contributed by atoms with Gasteiger partial charge in [-0.1, -0.05) is 36.4 Å². The molecule has 0 radical (unpaired) electrons. The van der Waals surface area contributed by atoms with Gasteiger partial charge in [0, 0.05) is 39.2 Å². The Labute approximate surface area is 190 Å². The lowest BCUT2D eigenvalue weighted by molar-refractivity contribution is -0.125. The zero-order chi connectivity index (χ0) is 22.9. The van der Waals surface area contributed by atoms with Crippen molar-refractivity contribution in [3.8, 4) is 5.75 Å². The summed E-state index contributed by atoms with van der Waals surface area (Å²) in [5.41, 5.74) is 3.30. The zero-order valence-electron chi connectivity index (χ0n) is 19.1. The number of amides is 2. The van der Waals surface area contributed by atoms with Crippen LogP contribution in [0.15, 0.2) is 48.5 Å². The van der Waals surface area contributed by atoms with Gasteiger partial charge in [-0.05, 0) is 42.3 Å². The third kappa shape index (κ3) is 6.55. The van der Waals surface area contributed by atoms with Crippen molar-refractivity contribution in [3.05, 3.63) is 65.2 Å². The number of carbonyl (C=O) groups excluding carboxylic acids is 2. The number of hydrogen-bond acceptors (Lipinski definition) is 5. The van der Waals surface area contributed by atoms with Crippen molar-refractivity contribution in [2.24, 2.45) is 5.92 Å². The first-order valence-electron chi connectivity index (χ1n) is 10.9. The van der Waals surface area contributed by atoms with Gasteiger partial charge in [-0.25, -0.2) is 0 Å². The van der Waals surface area contributed by atoms with Gasteiger partial charge in [0.05, 0.1) is 13.0 Å². The fourth-order valence-corrected chi connectivity index (χ4v) is 4.17. The number of likely N-dealkylation sites (tertiary alicyclic amines) is 1. The molecule has 0 aromatic heterocycles. The van der Waals surface area contributed by atoms with Gasteiger partial charge >= 0.3 is 0 Å². The van der Waals surface area contributed by atoms with Crippen molar-refractivity contribution >= 4 is 11.8 Å². The van der Waals surface area contributed by atoms with Crippen LogP contribution in [0.5, 0.6) is 5.75 Å². The molecule has 7 nitrogen and oxygen atoms in total. The van der Waals surface area contributed by atoms with Crippen molar-refractivity contribution < 1.29 is 19.1 Å². The molecule has 32 heavy (non-hydrogen) atoms. The van der Waals surface area contributed by atoms with Crippen LogP contribution in [0, 0.1) is 5.92 Å². The first kappa shape index (κ1) is 23.8. The molecule has 2 N–H and O–H groups in total. The Kier molecular flexibility index (Phi) is 8.64. The van der Waals surface area contributed by atoms with E-state index in [0.29, 0.717) is 13.1 Å². The predicted molar refractivity (Wildman–Crippen MR) is 124 cm³/mol. The van der Waals surface area contributed by atoms with Crippen LogP contribution in [-0.4, -0.2) is 64.2 Å². The van der Waals surface area contributed by atoms with Crippen LogP contribution in [0.3, 0.4) is 0 Å². The molecule has 1 aliphatic heterocycles. The summed E-state index contributed by atoms with van der Waals surface area (Å²) in [7, 11) is 5.20. The number of nitrogens with one attached hydrogen (secondary N) is 2. The van der Waals surface area contributed by atoms with Crippen LogP contribution in [-0.2, 0) is 27.3 Å². The van der Waals surface area contributed by atoms with E-state index >= 15 is 0 Å². The third-order valence-electron chi connectivity index (χ3n) is 5.86. The maximum absolute atomic E-state index is 13.0.